The van der Waals surface area contributed by atoms with E-state index in [1.165, 1.54) is 16.9 Å². The Labute approximate surface area is 107 Å². The van der Waals surface area contributed by atoms with E-state index in [-0.39, 0.29) is 17.9 Å². The molecule has 1 aliphatic rings. The summed E-state index contributed by atoms with van der Waals surface area (Å²) in [4.78, 5) is 13.0. The predicted octanol–water partition coefficient (Wildman–Crippen LogP) is 1.34. The molecule has 1 aliphatic heterocycles. The monoisotopic (exact) mass is 248 g/mol. The molecule has 0 N–H and O–H groups in total. The fourth-order valence-corrected chi connectivity index (χ4v) is 2.14. The van der Waals surface area contributed by atoms with Gasteiger partial charge >= 0.3 is 0 Å². The number of benzene rings is 1. The van der Waals surface area contributed by atoms with Crippen LogP contribution in [-0.2, 0) is 13.6 Å². The van der Waals surface area contributed by atoms with Crippen LogP contribution in [-0.4, -0.2) is 26.9 Å². The van der Waals surface area contributed by atoms with Gasteiger partial charge in [-0.2, -0.15) is 15.0 Å². The van der Waals surface area contributed by atoms with Gasteiger partial charge in [0.1, 0.15) is 17.1 Å². The van der Waals surface area contributed by atoms with Crippen molar-refractivity contribution in [1.82, 2.24) is 15.0 Å². The Kier molecular flexibility index (Phi) is 1.53. The van der Waals surface area contributed by atoms with E-state index in [9.17, 15) is 10.1 Å². The third-order valence-corrected chi connectivity index (χ3v) is 2.83. The number of para-hydroxylation sites is 1. The van der Waals surface area contributed by atoms with Gasteiger partial charge in [-0.15, -0.1) is 0 Å². The average Bonchev–Trinajstić information content (AvgIpc) is 2.76. The maximum atomic E-state index is 11.2. The van der Waals surface area contributed by atoms with E-state index >= 15 is 0 Å². The largest absolute Gasteiger partial charge is 0.362 e. The van der Waals surface area contributed by atoms with Crippen LogP contribution < -0.4 is 4.90 Å². The maximum absolute atomic E-state index is 11.2. The minimum Gasteiger partial charge on any atom is -0.362 e. The Bertz CT molecular complexity index is 740. The third kappa shape index (κ3) is 1.37. The molecule has 2 heterocycles. The molecule has 1 aromatic heterocycles. The molecule has 0 saturated heterocycles. The minimum absolute atomic E-state index is 0.0441. The normalized spacial score (nSPS) is 16.3. The van der Waals surface area contributed by atoms with Crippen LogP contribution >= 0.6 is 0 Å². The number of hydrogen-bond donors (Lipinski definition) is 0. The second kappa shape index (κ2) is 3.52. The zero-order chi connectivity index (χ0) is 15.4. The molecular formula is C11H11N5O2. The Morgan fingerprint density at radius 1 is 1.50 bits per heavy atom. The van der Waals surface area contributed by atoms with E-state index < -0.39 is 11.9 Å². The standard InChI is InChI=1S/C11H11N5O2/c1-14-6-8-10(13-15(2)12-8)7-4-3-5-9(11(7)14)16(17)18/h3-5H,6H2,1-2H3/i1D3. The van der Waals surface area contributed by atoms with Crippen LogP contribution in [0.5, 0.6) is 0 Å². The van der Waals surface area contributed by atoms with Crippen LogP contribution in [0.3, 0.4) is 0 Å². The summed E-state index contributed by atoms with van der Waals surface area (Å²) in [5.41, 5.74) is 1.20. The van der Waals surface area contributed by atoms with E-state index in [0.717, 1.165) is 4.90 Å². The summed E-state index contributed by atoms with van der Waals surface area (Å²) in [5.74, 6) is 0. The van der Waals surface area contributed by atoms with Gasteiger partial charge in [-0.05, 0) is 0 Å². The van der Waals surface area contributed by atoms with Crippen molar-refractivity contribution in [3.8, 4) is 11.3 Å². The maximum Gasteiger partial charge on any atom is 0.293 e. The smallest absolute Gasteiger partial charge is 0.293 e. The summed E-state index contributed by atoms with van der Waals surface area (Å²) in [7, 11) is 1.62. The molecule has 2 aromatic rings. The molecule has 0 unspecified atom stereocenters. The first-order valence-electron chi connectivity index (χ1n) is 6.74. The highest BCUT2D eigenvalue weighted by Gasteiger charge is 2.30. The van der Waals surface area contributed by atoms with Crippen LogP contribution in [0.25, 0.3) is 11.3 Å². The van der Waals surface area contributed by atoms with Crippen LogP contribution in [0.2, 0.25) is 0 Å². The first-order chi connectivity index (χ1) is 9.79. The molecule has 0 bridgehead atoms. The Balaban J connectivity index is 2.33. The number of nitro benzene ring substituents is 1. The highest BCUT2D eigenvalue weighted by atomic mass is 16.6. The number of rotatable bonds is 1. The average molecular weight is 248 g/mol. The third-order valence-electron chi connectivity index (χ3n) is 2.83. The number of nitrogens with zero attached hydrogens (tertiary/aromatic N) is 5. The molecule has 0 atom stereocenters. The summed E-state index contributed by atoms with van der Waals surface area (Å²) in [5, 5.41) is 19.5. The summed E-state index contributed by atoms with van der Waals surface area (Å²) < 4.78 is 22.9. The molecule has 1 aromatic carbocycles. The number of aryl methyl sites for hydroxylation is 1. The molecule has 0 saturated carbocycles. The number of anilines is 1. The van der Waals surface area contributed by atoms with Crippen molar-refractivity contribution in [2.75, 3.05) is 11.9 Å². The van der Waals surface area contributed by atoms with Crippen LogP contribution in [0.15, 0.2) is 18.2 Å². The molecular weight excluding hydrogens is 234 g/mol. The van der Waals surface area contributed by atoms with Crippen molar-refractivity contribution >= 4 is 11.4 Å². The fraction of sp³-hybridized carbons (Fsp3) is 0.273. The van der Waals surface area contributed by atoms with Gasteiger partial charge < -0.3 is 4.90 Å². The van der Waals surface area contributed by atoms with Crippen LogP contribution in [0.1, 0.15) is 9.81 Å². The summed E-state index contributed by atoms with van der Waals surface area (Å²) in [6.45, 7) is -2.55. The van der Waals surface area contributed by atoms with Gasteiger partial charge in [-0.25, -0.2) is 0 Å². The van der Waals surface area contributed by atoms with E-state index in [4.69, 9.17) is 4.11 Å². The van der Waals surface area contributed by atoms with Gasteiger partial charge in [0, 0.05) is 29.8 Å². The van der Waals surface area contributed by atoms with Crippen molar-refractivity contribution in [1.29, 1.82) is 0 Å². The zero-order valence-electron chi connectivity index (χ0n) is 12.5. The number of hydrogen-bond acceptors (Lipinski definition) is 5. The molecule has 0 aliphatic carbocycles. The molecule has 3 rings (SSSR count). The molecule has 0 spiro atoms. The second-order valence-electron chi connectivity index (χ2n) is 4.00. The SMILES string of the molecule is [2H]C([2H])([2H])N1Cc2nn(C)nc2-c2cccc([N+](=O)[O-])c21. The van der Waals surface area contributed by atoms with Crippen molar-refractivity contribution in [2.24, 2.45) is 7.05 Å². The van der Waals surface area contributed by atoms with Crippen molar-refractivity contribution < 1.29 is 9.04 Å². The minimum atomic E-state index is -2.50. The lowest BCUT2D eigenvalue weighted by Crippen LogP contribution is -2.22. The Morgan fingerprint density at radius 3 is 3.06 bits per heavy atom. The highest BCUT2D eigenvalue weighted by Crippen LogP contribution is 2.42. The topological polar surface area (TPSA) is 77.1 Å². The van der Waals surface area contributed by atoms with Gasteiger partial charge in [0.15, 0.2) is 0 Å². The van der Waals surface area contributed by atoms with E-state index in [0.29, 0.717) is 17.0 Å². The highest BCUT2D eigenvalue weighted by molar-refractivity contribution is 5.86. The summed E-state index contributed by atoms with van der Waals surface area (Å²) >= 11 is 0. The van der Waals surface area contributed by atoms with Gasteiger partial charge in [-0.3, -0.25) is 10.1 Å². The zero-order valence-corrected chi connectivity index (χ0v) is 9.49. The molecule has 0 fully saturated rings. The first kappa shape index (κ1) is 7.80. The number of fused-ring (bicyclic) bond motifs is 3. The van der Waals surface area contributed by atoms with Crippen LogP contribution in [0.4, 0.5) is 11.4 Å². The van der Waals surface area contributed by atoms with Gasteiger partial charge in [0.2, 0.25) is 0 Å². The first-order valence-corrected chi connectivity index (χ1v) is 5.24. The fourth-order valence-electron chi connectivity index (χ4n) is 2.14. The molecule has 0 amide bonds. The summed E-state index contributed by atoms with van der Waals surface area (Å²) in [6, 6.07) is 4.42. The molecule has 18 heavy (non-hydrogen) atoms. The van der Waals surface area contributed by atoms with Crippen LogP contribution in [0, 0.1) is 10.1 Å². The Hall–Kier alpha value is -2.44. The van der Waals surface area contributed by atoms with E-state index in [2.05, 4.69) is 10.2 Å². The predicted molar refractivity (Wildman–Crippen MR) is 65.2 cm³/mol. The number of nitro groups is 1. The van der Waals surface area contributed by atoms with E-state index in [1.54, 1.807) is 13.1 Å². The lowest BCUT2D eigenvalue weighted by Gasteiger charge is -2.25. The lowest BCUT2D eigenvalue weighted by molar-refractivity contribution is -0.384. The molecule has 7 nitrogen and oxygen atoms in total. The van der Waals surface area contributed by atoms with Crippen molar-refractivity contribution in [2.45, 2.75) is 6.54 Å². The van der Waals surface area contributed by atoms with Gasteiger partial charge in [0.25, 0.3) is 5.69 Å². The van der Waals surface area contributed by atoms with Gasteiger partial charge in [-0.1, -0.05) is 12.1 Å². The van der Waals surface area contributed by atoms with Crippen molar-refractivity contribution in [3.63, 3.8) is 0 Å². The lowest BCUT2D eigenvalue weighted by atomic mass is 10.0. The van der Waals surface area contributed by atoms with Crippen molar-refractivity contribution in [3.05, 3.63) is 34.0 Å². The summed E-state index contributed by atoms with van der Waals surface area (Å²) in [6.07, 6.45) is 0. The number of aromatic nitrogens is 3. The molecule has 0 radical (unpaired) electrons. The second-order valence-corrected chi connectivity index (χ2v) is 4.00. The quantitative estimate of drug-likeness (QED) is 0.562. The molecule has 7 heteroatoms. The molecule has 92 valence electrons. The Morgan fingerprint density at radius 2 is 2.33 bits per heavy atom. The van der Waals surface area contributed by atoms with Gasteiger partial charge in [0.05, 0.1) is 11.5 Å². The van der Waals surface area contributed by atoms with E-state index in [1.807, 2.05) is 0 Å².